The molecule has 5 heteroatoms. The number of carbonyl (C=O) groups excluding carboxylic acids is 1. The van der Waals surface area contributed by atoms with Gasteiger partial charge in [-0.2, -0.15) is 0 Å². The Bertz CT molecular complexity index is 342. The summed E-state index contributed by atoms with van der Waals surface area (Å²) >= 11 is 11.0. The van der Waals surface area contributed by atoms with Crippen molar-refractivity contribution in [3.05, 3.63) is 28.8 Å². The minimum absolute atomic E-state index is 0.311. The monoisotopic (exact) mass is 233 g/mol. The Kier molecular flexibility index (Phi) is 4.04. The van der Waals surface area contributed by atoms with Crippen molar-refractivity contribution in [2.24, 2.45) is 0 Å². The maximum absolute atomic E-state index is 10.4. The van der Waals surface area contributed by atoms with E-state index in [1.165, 1.54) is 0 Å². The third kappa shape index (κ3) is 3.09. The molecule has 0 atom stereocenters. The minimum Gasteiger partial charge on any atom is -0.497 e. The average molecular weight is 234 g/mol. The summed E-state index contributed by atoms with van der Waals surface area (Å²) in [7, 11) is 1.56. The molecule has 76 valence electrons. The second kappa shape index (κ2) is 5.08. The fourth-order valence-corrected chi connectivity index (χ4v) is 1.27. The Morgan fingerprint density at radius 1 is 1.57 bits per heavy atom. The molecule has 0 saturated carbocycles. The van der Waals surface area contributed by atoms with Crippen molar-refractivity contribution in [2.75, 3.05) is 7.11 Å². The number of rotatable bonds is 3. The molecule has 1 amide bonds. The van der Waals surface area contributed by atoms with Crippen LogP contribution < -0.4 is 10.1 Å². The number of carbonyl (C=O) groups is 1. The summed E-state index contributed by atoms with van der Waals surface area (Å²) in [5, 5.41) is 2.38. The number of amides is 1. The quantitative estimate of drug-likeness (QED) is 0.645. The molecule has 0 aliphatic carbocycles. The van der Waals surface area contributed by atoms with Crippen LogP contribution in [0.3, 0.4) is 0 Å². The molecule has 1 rings (SSSR count). The van der Waals surface area contributed by atoms with E-state index in [0.717, 1.165) is 5.56 Å². The second-order valence-electron chi connectivity index (χ2n) is 2.58. The molecule has 0 bridgehead atoms. The number of hydrogen-bond donors (Lipinski definition) is 1. The second-order valence-corrected chi connectivity index (χ2v) is 3.34. The van der Waals surface area contributed by atoms with Crippen LogP contribution in [0.2, 0.25) is 5.02 Å². The Labute approximate surface area is 92.0 Å². The number of benzene rings is 1. The van der Waals surface area contributed by atoms with Crippen LogP contribution in [0.5, 0.6) is 5.75 Å². The molecule has 0 aliphatic heterocycles. The Balaban J connectivity index is 2.73. The van der Waals surface area contributed by atoms with Gasteiger partial charge in [0.05, 0.1) is 7.11 Å². The lowest BCUT2D eigenvalue weighted by Crippen LogP contribution is -2.15. The maximum atomic E-state index is 10.4. The zero-order chi connectivity index (χ0) is 10.6. The van der Waals surface area contributed by atoms with Crippen LogP contribution >= 0.6 is 23.2 Å². The first kappa shape index (κ1) is 11.1. The third-order valence-corrected chi connectivity index (χ3v) is 2.16. The molecular weight excluding hydrogens is 225 g/mol. The third-order valence-electron chi connectivity index (χ3n) is 1.68. The van der Waals surface area contributed by atoms with Gasteiger partial charge in [0.25, 0.3) is 0 Å². The van der Waals surface area contributed by atoms with Crippen molar-refractivity contribution in [2.45, 2.75) is 6.54 Å². The summed E-state index contributed by atoms with van der Waals surface area (Å²) in [4.78, 5) is 10.4. The van der Waals surface area contributed by atoms with Gasteiger partial charge in [0, 0.05) is 11.6 Å². The van der Waals surface area contributed by atoms with Gasteiger partial charge in [0.15, 0.2) is 0 Å². The number of hydrogen-bond acceptors (Lipinski definition) is 2. The summed E-state index contributed by atoms with van der Waals surface area (Å²) in [6.07, 6.45) is 0. The Hall–Kier alpha value is -0.930. The molecule has 0 saturated heterocycles. The van der Waals surface area contributed by atoms with Gasteiger partial charge in [-0.05, 0) is 29.3 Å². The van der Waals surface area contributed by atoms with E-state index in [9.17, 15) is 4.79 Å². The van der Waals surface area contributed by atoms with Crippen molar-refractivity contribution >= 4 is 28.6 Å². The lowest BCUT2D eigenvalue weighted by Gasteiger charge is -2.06. The summed E-state index contributed by atoms with van der Waals surface area (Å²) < 4.78 is 4.98. The normalized spacial score (nSPS) is 9.64. The number of methoxy groups -OCH3 is 1. The molecular formula is C9H9Cl2NO2. The van der Waals surface area contributed by atoms with E-state index in [-0.39, 0.29) is 0 Å². The largest absolute Gasteiger partial charge is 0.497 e. The van der Waals surface area contributed by atoms with Crippen LogP contribution in [-0.4, -0.2) is 12.5 Å². The molecule has 14 heavy (non-hydrogen) atoms. The van der Waals surface area contributed by atoms with Crippen molar-refractivity contribution in [3.63, 3.8) is 0 Å². The van der Waals surface area contributed by atoms with Gasteiger partial charge >= 0.3 is 5.37 Å². The van der Waals surface area contributed by atoms with Crippen LogP contribution in [0.1, 0.15) is 5.56 Å². The van der Waals surface area contributed by atoms with E-state index in [1.807, 2.05) is 0 Å². The Morgan fingerprint density at radius 3 is 2.79 bits per heavy atom. The number of nitrogens with one attached hydrogen (secondary N) is 1. The van der Waals surface area contributed by atoms with Crippen LogP contribution in [0.25, 0.3) is 0 Å². The van der Waals surface area contributed by atoms with E-state index in [0.29, 0.717) is 17.3 Å². The van der Waals surface area contributed by atoms with Crippen molar-refractivity contribution in [1.29, 1.82) is 0 Å². The van der Waals surface area contributed by atoms with E-state index in [2.05, 4.69) is 5.32 Å². The van der Waals surface area contributed by atoms with E-state index >= 15 is 0 Å². The first-order valence-electron chi connectivity index (χ1n) is 3.89. The smallest absolute Gasteiger partial charge is 0.314 e. The first-order valence-corrected chi connectivity index (χ1v) is 4.65. The predicted molar refractivity (Wildman–Crippen MR) is 56.1 cm³/mol. The minimum atomic E-state index is -0.600. The van der Waals surface area contributed by atoms with Crippen molar-refractivity contribution in [1.82, 2.24) is 5.32 Å². The number of ether oxygens (including phenoxy) is 1. The van der Waals surface area contributed by atoms with Gasteiger partial charge in [-0.1, -0.05) is 17.7 Å². The topological polar surface area (TPSA) is 38.3 Å². The highest BCUT2D eigenvalue weighted by molar-refractivity contribution is 6.62. The molecule has 1 aromatic rings. The highest BCUT2D eigenvalue weighted by Gasteiger charge is 2.03. The Morgan fingerprint density at radius 2 is 2.29 bits per heavy atom. The van der Waals surface area contributed by atoms with Gasteiger partial charge in [0.2, 0.25) is 0 Å². The van der Waals surface area contributed by atoms with Crippen LogP contribution in [0.4, 0.5) is 4.79 Å². The fourth-order valence-electron chi connectivity index (χ4n) is 0.963. The van der Waals surface area contributed by atoms with Crippen molar-refractivity contribution < 1.29 is 9.53 Å². The van der Waals surface area contributed by atoms with Gasteiger partial charge in [-0.15, -0.1) is 0 Å². The lowest BCUT2D eigenvalue weighted by molar-refractivity contribution is 0.259. The SMILES string of the molecule is COc1ccc(CNC(=O)Cl)c(Cl)c1. The molecule has 0 aliphatic rings. The molecule has 0 radical (unpaired) electrons. The fraction of sp³-hybridized carbons (Fsp3) is 0.222. The highest BCUT2D eigenvalue weighted by Crippen LogP contribution is 2.22. The molecule has 3 nitrogen and oxygen atoms in total. The zero-order valence-corrected chi connectivity index (χ0v) is 9.02. The van der Waals surface area contributed by atoms with Gasteiger partial charge < -0.3 is 10.1 Å². The molecule has 0 unspecified atom stereocenters. The lowest BCUT2D eigenvalue weighted by atomic mass is 10.2. The van der Waals surface area contributed by atoms with Crippen LogP contribution in [0.15, 0.2) is 18.2 Å². The molecule has 1 aromatic carbocycles. The summed E-state index contributed by atoms with van der Waals surface area (Å²) in [6.45, 7) is 0.311. The molecule has 0 spiro atoms. The molecule has 0 heterocycles. The molecule has 0 aromatic heterocycles. The van der Waals surface area contributed by atoms with E-state index in [4.69, 9.17) is 27.9 Å². The number of halogens is 2. The van der Waals surface area contributed by atoms with Gasteiger partial charge in [-0.25, -0.2) is 0 Å². The molecule has 1 N–H and O–H groups in total. The summed E-state index contributed by atoms with van der Waals surface area (Å²) in [5.41, 5.74) is 0.793. The maximum Gasteiger partial charge on any atom is 0.314 e. The van der Waals surface area contributed by atoms with Crippen LogP contribution in [0, 0.1) is 0 Å². The van der Waals surface area contributed by atoms with Gasteiger partial charge in [0.1, 0.15) is 5.75 Å². The predicted octanol–water partition coefficient (Wildman–Crippen LogP) is 2.80. The summed E-state index contributed by atoms with van der Waals surface area (Å²) in [5.74, 6) is 0.677. The zero-order valence-electron chi connectivity index (χ0n) is 7.51. The van der Waals surface area contributed by atoms with E-state index < -0.39 is 5.37 Å². The molecule has 0 fully saturated rings. The van der Waals surface area contributed by atoms with Crippen LogP contribution in [-0.2, 0) is 6.54 Å². The summed E-state index contributed by atoms with van der Waals surface area (Å²) in [6, 6.07) is 5.22. The average Bonchev–Trinajstić information content (AvgIpc) is 2.15. The van der Waals surface area contributed by atoms with Gasteiger partial charge in [-0.3, -0.25) is 4.79 Å². The first-order chi connectivity index (χ1) is 6.63. The highest BCUT2D eigenvalue weighted by atomic mass is 35.5. The standard InChI is InChI=1S/C9H9Cl2NO2/c1-14-7-3-2-6(8(10)4-7)5-12-9(11)13/h2-4H,5H2,1H3,(H,12,13). The van der Waals surface area contributed by atoms with E-state index in [1.54, 1.807) is 25.3 Å². The van der Waals surface area contributed by atoms with Crippen molar-refractivity contribution in [3.8, 4) is 5.75 Å².